The number of rotatable bonds is 1. The first-order chi connectivity index (χ1) is 5.91. The molecule has 0 aromatic rings. The summed E-state index contributed by atoms with van der Waals surface area (Å²) in [5.74, 6) is 0. The first kappa shape index (κ1) is 30.5. The Morgan fingerprint density at radius 2 is 1.00 bits per heavy atom. The van der Waals surface area contributed by atoms with Crippen LogP contribution in [0.1, 0.15) is 0 Å². The molecule has 0 rings (SSSR count). The molecule has 8 radical (unpaired) electrons. The Morgan fingerprint density at radius 3 is 1.00 bits per heavy atom. The molecular weight excluding hydrogens is 249 g/mol. The fraction of sp³-hybridized carbons (Fsp3) is 0.143. The van der Waals surface area contributed by atoms with E-state index < -0.39 is 0 Å². The van der Waals surface area contributed by atoms with Crippen LogP contribution in [0.4, 0.5) is 0 Å². The van der Waals surface area contributed by atoms with Crippen LogP contribution in [0.5, 0.6) is 0 Å². The van der Waals surface area contributed by atoms with Crippen molar-refractivity contribution in [3.63, 3.8) is 0 Å². The van der Waals surface area contributed by atoms with Gasteiger partial charge in [-0.1, -0.05) is 0 Å². The molecule has 0 N–H and O–H groups in total. The summed E-state index contributed by atoms with van der Waals surface area (Å²) in [4.78, 5) is 30.0. The molecular formula is C7H5O4Ru. The number of carbonyl (C=O) groups excluding carboxylic acids is 4. The number of allylic oxidation sites excluding steroid dienone is 1. The predicted octanol–water partition coefficient (Wildman–Crippen LogP) is -0.451. The van der Waals surface area contributed by atoms with Crippen molar-refractivity contribution in [2.45, 2.75) is 5.02 Å². The van der Waals surface area contributed by atoms with Crippen LogP contribution in [0.2, 0.25) is 5.02 Å². The van der Waals surface area contributed by atoms with Crippen molar-refractivity contribution >= 4 is 27.2 Å². The van der Waals surface area contributed by atoms with E-state index >= 15 is 0 Å². The smallest absolute Gasteiger partial charge is 0.281 e. The van der Waals surface area contributed by atoms with Crippen LogP contribution in [-0.2, 0) is 37.5 Å². The van der Waals surface area contributed by atoms with Crippen LogP contribution in [0, 0.1) is 0 Å². The van der Waals surface area contributed by atoms with Gasteiger partial charge < -0.3 is 0 Å². The summed E-state index contributed by atoms with van der Waals surface area (Å²) >= 11 is 2.46. The first-order valence-corrected chi connectivity index (χ1v) is 3.11. The Morgan fingerprint density at radius 1 is 0.917 bits per heavy atom. The van der Waals surface area contributed by atoms with Crippen molar-refractivity contribution < 1.29 is 37.5 Å². The molecule has 65 valence electrons. The van der Waals surface area contributed by atoms with Crippen LogP contribution in [-0.4, -0.2) is 27.2 Å². The van der Waals surface area contributed by atoms with E-state index in [4.69, 9.17) is 19.2 Å². The average Bonchev–Trinajstić information content (AvgIpc) is 2.29. The third-order valence-electron chi connectivity index (χ3n) is 0.102. The molecule has 0 aromatic heterocycles. The minimum absolute atomic E-state index is 1.01. The van der Waals surface area contributed by atoms with Crippen molar-refractivity contribution in [3.05, 3.63) is 12.7 Å². The third kappa shape index (κ3) is 311000. The molecule has 0 amide bonds. The Labute approximate surface area is 82.7 Å². The topological polar surface area (TPSA) is 68.3 Å². The molecule has 0 fully saturated rings. The van der Waals surface area contributed by atoms with E-state index in [1.54, 1.807) is 0 Å². The molecule has 0 aliphatic carbocycles. The zero-order valence-corrected chi connectivity index (χ0v) is 7.72. The van der Waals surface area contributed by atoms with E-state index in [-0.39, 0.29) is 0 Å². The molecule has 0 unspecified atom stereocenters. The van der Waals surface area contributed by atoms with Crippen LogP contribution in [0.25, 0.3) is 0 Å². The summed E-state index contributed by atoms with van der Waals surface area (Å²) in [7, 11) is 0. The fourth-order valence-electron chi connectivity index (χ4n) is 0. The summed E-state index contributed by atoms with van der Waals surface area (Å²) in [6.45, 7) is 21.5. The normalized spacial score (nSPS) is 3.42. The second-order valence-corrected chi connectivity index (χ2v) is 1.14. The molecule has 0 aromatic carbocycles. The van der Waals surface area contributed by atoms with Crippen molar-refractivity contribution in [1.82, 2.24) is 0 Å². The predicted molar refractivity (Wildman–Crippen MR) is 37.8 cm³/mol. The summed E-state index contributed by atoms with van der Waals surface area (Å²) in [5, 5.41) is 1.01. The fourth-order valence-corrected chi connectivity index (χ4v) is 0. The molecule has 0 saturated heterocycles. The zero-order valence-electron chi connectivity index (χ0n) is 5.98. The Bertz CT molecular complexity index is 53.4. The van der Waals surface area contributed by atoms with E-state index in [2.05, 4.69) is 52.0 Å². The molecule has 0 aliphatic heterocycles. The summed E-state index contributed by atoms with van der Waals surface area (Å²) in [6.07, 6.45) is 1.84. The monoisotopic (exact) mass is 255 g/mol. The quantitative estimate of drug-likeness (QED) is 0.469. The van der Waals surface area contributed by atoms with Gasteiger partial charge in [0.1, 0.15) is 0 Å². The average molecular weight is 254 g/mol. The molecule has 12 heavy (non-hydrogen) atoms. The second kappa shape index (κ2) is 754. The van der Waals surface area contributed by atoms with Gasteiger partial charge in [-0.3, -0.25) is 19.2 Å². The largest absolute Gasteiger partial charge is 0.281 e. The molecule has 0 aliphatic rings. The van der Waals surface area contributed by atoms with Gasteiger partial charge in [-0.05, 0) is 0 Å². The number of hydrogen-bond acceptors (Lipinski definition) is 4. The molecule has 4 nitrogen and oxygen atoms in total. The third-order valence-corrected chi connectivity index (χ3v) is 0.604. The molecule has 0 spiro atoms. The molecule has 0 bridgehead atoms. The van der Waals surface area contributed by atoms with Crippen LogP contribution in [0.3, 0.4) is 0 Å². The standard InChI is InChI=1S/C3H5.4CO.Ru/c1-3-2;4*1-2;/h3H,1-2H2;;;;;. The summed E-state index contributed by atoms with van der Waals surface area (Å²) in [6, 6.07) is 0. The molecule has 0 saturated carbocycles. The maximum atomic E-state index is 7.50. The maximum absolute atomic E-state index is 7.50. The van der Waals surface area contributed by atoms with Crippen LogP contribution >= 0.6 is 0 Å². The van der Waals surface area contributed by atoms with E-state index in [0.29, 0.717) is 0 Å². The van der Waals surface area contributed by atoms with Gasteiger partial charge in [-0.15, -0.1) is 0 Å². The van der Waals surface area contributed by atoms with Crippen molar-refractivity contribution in [2.75, 3.05) is 0 Å². The Kier molecular flexibility index (Phi) is 1920. The van der Waals surface area contributed by atoms with Gasteiger partial charge in [0.05, 0.1) is 0 Å². The number of hydrogen-bond donors (Lipinski definition) is 0. The summed E-state index contributed by atoms with van der Waals surface area (Å²) < 4.78 is 0. The Balaban J connectivity index is -0.0000000181. The SMILES string of the molecule is C=C[CH2][Ru].[C]=O.[C]=O.[C]=O.[C]=O. The Hall–Kier alpha value is -0.957. The maximum Gasteiger partial charge on any atom is 0.281 e. The first-order valence-electron chi connectivity index (χ1n) is 1.88. The van der Waals surface area contributed by atoms with Gasteiger partial charge in [0.15, 0.2) is 0 Å². The molecule has 0 atom stereocenters. The molecule has 5 heteroatoms. The van der Waals surface area contributed by atoms with E-state index in [0.717, 1.165) is 5.02 Å². The van der Waals surface area contributed by atoms with Gasteiger partial charge >= 0.3 is 36.0 Å². The van der Waals surface area contributed by atoms with Gasteiger partial charge in [0, 0.05) is 0 Å². The van der Waals surface area contributed by atoms with E-state index in [1.165, 1.54) is 0 Å². The second-order valence-electron chi connectivity index (χ2n) is 0.433. The van der Waals surface area contributed by atoms with E-state index in [9.17, 15) is 0 Å². The summed E-state index contributed by atoms with van der Waals surface area (Å²) in [5.41, 5.74) is 0. The van der Waals surface area contributed by atoms with Crippen LogP contribution in [0.15, 0.2) is 12.7 Å². The van der Waals surface area contributed by atoms with Crippen molar-refractivity contribution in [2.24, 2.45) is 0 Å². The minimum atomic E-state index is 1.01. The van der Waals surface area contributed by atoms with Gasteiger partial charge in [0.25, 0.3) is 27.2 Å². The van der Waals surface area contributed by atoms with Gasteiger partial charge in [0.2, 0.25) is 0 Å². The molecule has 0 heterocycles. The zero-order chi connectivity index (χ0) is 11.4. The van der Waals surface area contributed by atoms with Gasteiger partial charge in [-0.25, -0.2) is 0 Å². The van der Waals surface area contributed by atoms with Crippen molar-refractivity contribution in [1.29, 1.82) is 0 Å². The minimum Gasteiger partial charge on any atom is -0.281 e. The van der Waals surface area contributed by atoms with Gasteiger partial charge in [-0.2, -0.15) is 0 Å². The van der Waals surface area contributed by atoms with Crippen molar-refractivity contribution in [3.8, 4) is 0 Å². The van der Waals surface area contributed by atoms with Crippen LogP contribution < -0.4 is 0 Å². The van der Waals surface area contributed by atoms with E-state index in [1.807, 2.05) is 6.08 Å².